The second-order valence-corrected chi connectivity index (χ2v) is 9.46. The van der Waals surface area contributed by atoms with E-state index in [1.807, 2.05) is 4.98 Å². The molecule has 0 saturated carbocycles. The first-order chi connectivity index (χ1) is 13.6. The molecule has 3 N–H and O–H groups in total. The van der Waals surface area contributed by atoms with E-state index in [9.17, 15) is 22.8 Å². The Kier molecular flexibility index (Phi) is 6.18. The Labute approximate surface area is 176 Å². The van der Waals surface area contributed by atoms with Crippen LogP contribution in [0.2, 0.25) is 10.0 Å². The lowest BCUT2D eigenvalue weighted by Crippen LogP contribution is -2.45. The lowest BCUT2D eigenvalue weighted by atomic mass is 9.99. The third kappa shape index (κ3) is 4.72. The molecule has 156 valence electrons. The number of hydrogen-bond donors (Lipinski definition) is 3. The van der Waals surface area contributed by atoms with Gasteiger partial charge in [-0.25, -0.2) is 13.2 Å². The summed E-state index contributed by atoms with van der Waals surface area (Å²) in [5, 5.41) is 3.40. The van der Waals surface area contributed by atoms with Crippen LogP contribution in [-0.4, -0.2) is 41.7 Å². The number of aromatic amines is 2. The van der Waals surface area contributed by atoms with Gasteiger partial charge in [-0.2, -0.15) is 4.31 Å². The number of aromatic nitrogens is 2. The maximum Gasteiger partial charge on any atom is 0.325 e. The lowest BCUT2D eigenvalue weighted by Gasteiger charge is -2.31. The molecule has 0 aliphatic carbocycles. The molecule has 1 aromatic carbocycles. The maximum atomic E-state index is 13.0. The molecule has 2 aromatic rings. The summed E-state index contributed by atoms with van der Waals surface area (Å²) in [7, 11) is -4.20. The third-order valence-corrected chi connectivity index (χ3v) is 7.01. The van der Waals surface area contributed by atoms with Crippen molar-refractivity contribution in [3.05, 3.63) is 54.8 Å². The highest BCUT2D eigenvalue weighted by Gasteiger charge is 2.36. The van der Waals surface area contributed by atoms with Crippen LogP contribution >= 0.6 is 23.2 Å². The summed E-state index contributed by atoms with van der Waals surface area (Å²) in [6.07, 6.45) is 0.918. The fraction of sp³-hybridized carbons (Fsp3) is 0.353. The van der Waals surface area contributed by atoms with Crippen LogP contribution in [0.3, 0.4) is 0 Å². The SMILES string of the molecule is Cc1[nH]c(=O)[nH]c(=O)c1S(=O)(=O)N1CCC[C@H](C(=O)Nc2cc(Cl)cc(Cl)c2)C1. The molecular formula is C17H18Cl2N4O5S. The van der Waals surface area contributed by atoms with Crippen molar-refractivity contribution in [3.63, 3.8) is 0 Å². The highest BCUT2D eigenvalue weighted by atomic mass is 35.5. The van der Waals surface area contributed by atoms with Gasteiger partial charge in [-0.3, -0.25) is 14.6 Å². The quantitative estimate of drug-likeness (QED) is 0.638. The second-order valence-electron chi connectivity index (χ2n) is 6.71. The van der Waals surface area contributed by atoms with Gasteiger partial charge in [0.05, 0.1) is 5.92 Å². The predicted molar refractivity (Wildman–Crippen MR) is 109 cm³/mol. The van der Waals surface area contributed by atoms with Crippen molar-refractivity contribution in [3.8, 4) is 0 Å². The number of H-pyrrole nitrogens is 2. The zero-order valence-corrected chi connectivity index (χ0v) is 17.6. The van der Waals surface area contributed by atoms with Crippen LogP contribution in [0.1, 0.15) is 18.5 Å². The van der Waals surface area contributed by atoms with Crippen molar-refractivity contribution in [1.82, 2.24) is 14.3 Å². The van der Waals surface area contributed by atoms with Gasteiger partial charge >= 0.3 is 5.69 Å². The van der Waals surface area contributed by atoms with Gasteiger partial charge in [0.1, 0.15) is 0 Å². The van der Waals surface area contributed by atoms with Crippen molar-refractivity contribution < 1.29 is 13.2 Å². The van der Waals surface area contributed by atoms with E-state index in [0.717, 1.165) is 4.31 Å². The van der Waals surface area contributed by atoms with Gasteiger partial charge < -0.3 is 10.3 Å². The molecule has 1 atom stereocenters. The summed E-state index contributed by atoms with van der Waals surface area (Å²) in [4.78, 5) is 39.7. The molecule has 0 spiro atoms. The van der Waals surface area contributed by atoms with Gasteiger partial charge in [-0.15, -0.1) is 0 Å². The van der Waals surface area contributed by atoms with Crippen molar-refractivity contribution in [2.75, 3.05) is 18.4 Å². The summed E-state index contributed by atoms with van der Waals surface area (Å²) in [5.74, 6) is -1.01. The number of anilines is 1. The van der Waals surface area contributed by atoms with E-state index in [1.165, 1.54) is 25.1 Å². The van der Waals surface area contributed by atoms with Crippen LogP contribution in [0.5, 0.6) is 0 Å². The number of aryl methyl sites for hydroxylation is 1. The molecule has 2 heterocycles. The molecule has 3 rings (SSSR count). The van der Waals surface area contributed by atoms with E-state index >= 15 is 0 Å². The van der Waals surface area contributed by atoms with Crippen LogP contribution in [0, 0.1) is 12.8 Å². The zero-order valence-electron chi connectivity index (χ0n) is 15.3. The van der Waals surface area contributed by atoms with Crippen LogP contribution in [0.15, 0.2) is 32.7 Å². The summed E-state index contributed by atoms with van der Waals surface area (Å²) < 4.78 is 27.0. The second kappa shape index (κ2) is 8.31. The van der Waals surface area contributed by atoms with Crippen LogP contribution in [-0.2, 0) is 14.8 Å². The summed E-state index contributed by atoms with van der Waals surface area (Å²) >= 11 is 11.9. The van der Waals surface area contributed by atoms with Crippen LogP contribution < -0.4 is 16.6 Å². The summed E-state index contributed by atoms with van der Waals surface area (Å²) in [6.45, 7) is 1.40. The largest absolute Gasteiger partial charge is 0.326 e. The number of piperidine rings is 1. The van der Waals surface area contributed by atoms with Crippen LogP contribution in [0.25, 0.3) is 0 Å². The van der Waals surface area contributed by atoms with Crippen molar-refractivity contribution in [1.29, 1.82) is 0 Å². The smallest absolute Gasteiger partial charge is 0.325 e. The number of carbonyl (C=O) groups excluding carboxylic acids is 1. The number of nitrogens with zero attached hydrogens (tertiary/aromatic N) is 1. The average Bonchev–Trinajstić information content (AvgIpc) is 2.59. The van der Waals surface area contributed by atoms with Crippen molar-refractivity contribution in [2.24, 2.45) is 5.92 Å². The topological polar surface area (TPSA) is 132 Å². The molecule has 1 aliphatic heterocycles. The molecule has 12 heteroatoms. The molecule has 29 heavy (non-hydrogen) atoms. The standard InChI is InChI=1S/C17H18Cl2N4O5S/c1-9-14(16(25)22-17(26)20-9)29(27,28)23-4-2-3-10(8-23)15(24)21-13-6-11(18)5-12(19)7-13/h5-7,10H,2-4,8H2,1H3,(H,21,24)(H2,20,22,25,26)/t10-/m0/s1. The van der Waals surface area contributed by atoms with E-state index < -0.39 is 32.1 Å². The van der Waals surface area contributed by atoms with Gasteiger partial charge in [0, 0.05) is 34.5 Å². The van der Waals surface area contributed by atoms with Crippen molar-refractivity contribution >= 4 is 44.8 Å². The number of halogens is 2. The predicted octanol–water partition coefficient (Wildman–Crippen LogP) is 1.72. The molecule has 0 bridgehead atoms. The number of hydrogen-bond acceptors (Lipinski definition) is 5. The summed E-state index contributed by atoms with van der Waals surface area (Å²) in [6, 6.07) is 4.59. The van der Waals surface area contributed by atoms with E-state index in [1.54, 1.807) is 0 Å². The fourth-order valence-electron chi connectivity index (χ4n) is 3.27. The first-order valence-electron chi connectivity index (χ1n) is 8.68. The molecular weight excluding hydrogens is 443 g/mol. The van der Waals surface area contributed by atoms with E-state index in [0.29, 0.717) is 28.6 Å². The molecule has 1 fully saturated rings. The third-order valence-electron chi connectivity index (χ3n) is 4.56. The number of rotatable bonds is 4. The number of sulfonamides is 1. The van der Waals surface area contributed by atoms with E-state index in [2.05, 4.69) is 10.3 Å². The minimum atomic E-state index is -4.20. The van der Waals surface area contributed by atoms with Gasteiger partial charge in [0.15, 0.2) is 4.90 Å². The minimum absolute atomic E-state index is 0.0566. The normalized spacial score (nSPS) is 17.8. The monoisotopic (exact) mass is 460 g/mol. The van der Waals surface area contributed by atoms with Gasteiger partial charge in [-0.05, 0) is 38.0 Å². The molecule has 0 unspecified atom stereocenters. The minimum Gasteiger partial charge on any atom is -0.326 e. The molecule has 9 nitrogen and oxygen atoms in total. The first-order valence-corrected chi connectivity index (χ1v) is 10.9. The Bertz CT molecular complexity index is 1150. The number of carbonyl (C=O) groups is 1. The molecule has 1 aliphatic rings. The molecule has 0 radical (unpaired) electrons. The zero-order chi connectivity index (χ0) is 21.3. The highest BCUT2D eigenvalue weighted by Crippen LogP contribution is 2.26. The number of amides is 1. The number of nitrogens with one attached hydrogen (secondary N) is 3. The number of benzene rings is 1. The van der Waals surface area contributed by atoms with Gasteiger partial charge in [0.2, 0.25) is 15.9 Å². The Balaban J connectivity index is 1.82. The van der Waals surface area contributed by atoms with Crippen LogP contribution in [0.4, 0.5) is 5.69 Å². The maximum absolute atomic E-state index is 13.0. The Morgan fingerprint density at radius 3 is 2.45 bits per heavy atom. The first kappa shape index (κ1) is 21.6. The van der Waals surface area contributed by atoms with E-state index in [4.69, 9.17) is 23.2 Å². The van der Waals surface area contributed by atoms with Gasteiger partial charge in [0.25, 0.3) is 5.56 Å². The van der Waals surface area contributed by atoms with Gasteiger partial charge in [-0.1, -0.05) is 23.2 Å². The summed E-state index contributed by atoms with van der Waals surface area (Å²) in [5.41, 5.74) is -1.44. The Hall–Kier alpha value is -2.14. The van der Waals surface area contributed by atoms with Crippen molar-refractivity contribution in [2.45, 2.75) is 24.7 Å². The lowest BCUT2D eigenvalue weighted by molar-refractivity contribution is -0.120. The molecule has 1 aromatic heterocycles. The highest BCUT2D eigenvalue weighted by molar-refractivity contribution is 7.89. The Morgan fingerprint density at radius 1 is 1.17 bits per heavy atom. The molecule has 1 amide bonds. The van der Waals surface area contributed by atoms with E-state index in [-0.39, 0.29) is 24.7 Å². The molecule has 1 saturated heterocycles. The Morgan fingerprint density at radius 2 is 1.83 bits per heavy atom. The average molecular weight is 461 g/mol. The fourth-order valence-corrected chi connectivity index (χ4v) is 5.53.